The lowest BCUT2D eigenvalue weighted by Crippen LogP contribution is -2.50. The first kappa shape index (κ1) is 13.6. The molecule has 0 atom stereocenters. The van der Waals surface area contributed by atoms with Gasteiger partial charge in [0.25, 0.3) is 0 Å². The minimum absolute atomic E-state index is 0.226. The van der Waals surface area contributed by atoms with Gasteiger partial charge in [-0.15, -0.1) is 0 Å². The molecule has 0 N–H and O–H groups in total. The van der Waals surface area contributed by atoms with Crippen LogP contribution in [0.15, 0.2) is 6.07 Å². The molecule has 0 radical (unpaired) electrons. The van der Waals surface area contributed by atoms with Gasteiger partial charge in [-0.25, -0.2) is 4.79 Å². The van der Waals surface area contributed by atoms with Crippen molar-refractivity contribution in [1.82, 2.24) is 14.7 Å². The lowest BCUT2D eigenvalue weighted by molar-refractivity contribution is 0.00757. The summed E-state index contributed by atoms with van der Waals surface area (Å²) in [5.41, 5.74) is 0.753. The number of nitrogens with zero attached hydrogens (tertiary/aromatic N) is 3. The monoisotopic (exact) mass is 363 g/mol. The average Bonchev–Trinajstić information content (AvgIpc) is 2.39. The lowest BCUT2D eigenvalue weighted by Gasteiger charge is -2.39. The number of carbonyl (C=O) groups is 1. The summed E-state index contributed by atoms with van der Waals surface area (Å²) >= 11 is 2.20. The van der Waals surface area contributed by atoms with Crippen LogP contribution in [0.3, 0.4) is 0 Å². The molecule has 2 rings (SSSR count). The zero-order valence-corrected chi connectivity index (χ0v) is 13.3. The van der Waals surface area contributed by atoms with Gasteiger partial charge in [0, 0.05) is 31.7 Å². The second kappa shape index (κ2) is 4.71. The largest absolute Gasteiger partial charge is 0.444 e. The Morgan fingerprint density at radius 3 is 2.56 bits per heavy atom. The molecule has 100 valence electrons. The molecule has 5 nitrogen and oxygen atoms in total. The van der Waals surface area contributed by atoms with E-state index < -0.39 is 5.60 Å². The summed E-state index contributed by atoms with van der Waals surface area (Å²) in [7, 11) is 1.94. The molecule has 1 aromatic heterocycles. The van der Waals surface area contributed by atoms with Gasteiger partial charge in [0.15, 0.2) is 0 Å². The van der Waals surface area contributed by atoms with Crippen molar-refractivity contribution in [3.8, 4) is 0 Å². The molecule has 18 heavy (non-hydrogen) atoms. The number of likely N-dealkylation sites (tertiary alicyclic amines) is 1. The predicted molar refractivity (Wildman–Crippen MR) is 76.5 cm³/mol. The highest BCUT2D eigenvalue weighted by Crippen LogP contribution is 2.28. The molecule has 1 aliphatic heterocycles. The zero-order valence-electron chi connectivity index (χ0n) is 11.1. The van der Waals surface area contributed by atoms with Crippen molar-refractivity contribution in [2.75, 3.05) is 13.1 Å². The molecule has 1 fully saturated rings. The van der Waals surface area contributed by atoms with E-state index in [1.165, 1.54) is 5.69 Å². The number of hydrogen-bond acceptors (Lipinski definition) is 3. The fraction of sp³-hybridized carbons (Fsp3) is 0.667. The molecule has 1 saturated heterocycles. The standard InChI is InChI=1S/C12H18IN3O2/c1-12(2,3)18-11(17)16-6-8(7-16)9-5-10(13)14-15(9)4/h5,8H,6-7H2,1-4H3. The maximum Gasteiger partial charge on any atom is 0.410 e. The Balaban J connectivity index is 1.91. The highest BCUT2D eigenvalue weighted by atomic mass is 127. The third-order valence-corrected chi connectivity index (χ3v) is 3.36. The molecule has 0 aromatic carbocycles. The number of aryl methyl sites for hydroxylation is 1. The summed E-state index contributed by atoms with van der Waals surface area (Å²) in [6.07, 6.45) is -0.226. The van der Waals surface area contributed by atoms with Crippen molar-refractivity contribution in [1.29, 1.82) is 0 Å². The molecule has 0 saturated carbocycles. The third kappa shape index (κ3) is 2.96. The van der Waals surface area contributed by atoms with E-state index in [1.54, 1.807) is 4.90 Å². The van der Waals surface area contributed by atoms with Crippen LogP contribution in [0.4, 0.5) is 4.79 Å². The van der Waals surface area contributed by atoms with E-state index >= 15 is 0 Å². The van der Waals surface area contributed by atoms with Gasteiger partial charge in [0.1, 0.15) is 9.30 Å². The summed E-state index contributed by atoms with van der Waals surface area (Å²) in [6.45, 7) is 7.07. The number of aromatic nitrogens is 2. The van der Waals surface area contributed by atoms with Crippen molar-refractivity contribution in [2.24, 2.45) is 7.05 Å². The van der Waals surface area contributed by atoms with Gasteiger partial charge in [-0.1, -0.05) is 0 Å². The van der Waals surface area contributed by atoms with Crippen LogP contribution in [0.5, 0.6) is 0 Å². The third-order valence-electron chi connectivity index (χ3n) is 2.84. The minimum Gasteiger partial charge on any atom is -0.444 e. The highest BCUT2D eigenvalue weighted by molar-refractivity contribution is 14.1. The van der Waals surface area contributed by atoms with Gasteiger partial charge in [0.05, 0.1) is 0 Å². The minimum atomic E-state index is -0.427. The molecule has 0 aliphatic carbocycles. The van der Waals surface area contributed by atoms with Gasteiger partial charge in [0.2, 0.25) is 0 Å². The molecule has 1 amide bonds. The molecule has 2 heterocycles. The van der Waals surface area contributed by atoms with Crippen molar-refractivity contribution in [3.05, 3.63) is 15.5 Å². The second-order valence-electron chi connectivity index (χ2n) is 5.60. The normalized spacial score (nSPS) is 16.6. The summed E-state index contributed by atoms with van der Waals surface area (Å²) < 4.78 is 8.20. The Bertz CT molecular complexity index is 458. The summed E-state index contributed by atoms with van der Waals surface area (Å²) in [5.74, 6) is 0.374. The Kier molecular flexibility index (Phi) is 3.57. The highest BCUT2D eigenvalue weighted by Gasteiger charge is 2.36. The van der Waals surface area contributed by atoms with Crippen LogP contribution in [0.2, 0.25) is 0 Å². The summed E-state index contributed by atoms with van der Waals surface area (Å²) in [5, 5.41) is 4.31. The Morgan fingerprint density at radius 2 is 2.11 bits per heavy atom. The Morgan fingerprint density at radius 1 is 1.50 bits per heavy atom. The van der Waals surface area contributed by atoms with Crippen LogP contribution < -0.4 is 0 Å². The number of hydrogen-bond donors (Lipinski definition) is 0. The number of ether oxygens (including phenoxy) is 1. The molecule has 1 aliphatic rings. The smallest absolute Gasteiger partial charge is 0.410 e. The van der Waals surface area contributed by atoms with Crippen molar-refractivity contribution in [2.45, 2.75) is 32.3 Å². The van der Waals surface area contributed by atoms with Gasteiger partial charge < -0.3 is 9.64 Å². The maximum atomic E-state index is 11.8. The molecule has 6 heteroatoms. The van der Waals surface area contributed by atoms with Crippen LogP contribution in [0.1, 0.15) is 32.4 Å². The topological polar surface area (TPSA) is 47.4 Å². The number of amides is 1. The average molecular weight is 363 g/mol. The van der Waals surface area contributed by atoms with Crippen LogP contribution in [-0.4, -0.2) is 39.5 Å². The predicted octanol–water partition coefficient (Wildman–Crippen LogP) is 2.36. The van der Waals surface area contributed by atoms with Crippen LogP contribution >= 0.6 is 22.6 Å². The summed E-state index contributed by atoms with van der Waals surface area (Å²) in [6, 6.07) is 2.07. The van der Waals surface area contributed by atoms with E-state index in [0.717, 1.165) is 3.70 Å². The van der Waals surface area contributed by atoms with Gasteiger partial charge in [-0.2, -0.15) is 5.10 Å². The van der Waals surface area contributed by atoms with E-state index in [9.17, 15) is 4.79 Å². The van der Waals surface area contributed by atoms with Crippen LogP contribution in [0.25, 0.3) is 0 Å². The molecular formula is C12H18IN3O2. The number of halogens is 1. The van der Waals surface area contributed by atoms with E-state index in [1.807, 2.05) is 32.5 Å². The number of carbonyl (C=O) groups excluding carboxylic acids is 1. The fourth-order valence-corrected chi connectivity index (χ4v) is 2.61. The van der Waals surface area contributed by atoms with Crippen molar-refractivity contribution in [3.63, 3.8) is 0 Å². The molecule has 0 unspecified atom stereocenters. The first-order chi connectivity index (χ1) is 8.26. The van der Waals surface area contributed by atoms with Crippen molar-refractivity contribution < 1.29 is 9.53 Å². The molecule has 0 bridgehead atoms. The van der Waals surface area contributed by atoms with Gasteiger partial charge in [-0.3, -0.25) is 4.68 Å². The van der Waals surface area contributed by atoms with Crippen molar-refractivity contribution >= 4 is 28.7 Å². The van der Waals surface area contributed by atoms with Gasteiger partial charge in [-0.05, 0) is 49.4 Å². The van der Waals surface area contributed by atoms with Crippen LogP contribution in [0, 0.1) is 3.70 Å². The lowest BCUT2D eigenvalue weighted by atomic mass is 9.97. The number of rotatable bonds is 1. The summed E-state index contributed by atoms with van der Waals surface area (Å²) in [4.78, 5) is 13.5. The first-order valence-corrected chi connectivity index (χ1v) is 7.01. The van der Waals surface area contributed by atoms with Crippen LogP contribution in [-0.2, 0) is 11.8 Å². The Hall–Kier alpha value is -0.790. The van der Waals surface area contributed by atoms with E-state index in [4.69, 9.17) is 4.74 Å². The molecular weight excluding hydrogens is 345 g/mol. The Labute approximate surface area is 121 Å². The second-order valence-corrected chi connectivity index (χ2v) is 6.70. The quantitative estimate of drug-likeness (QED) is 0.720. The fourth-order valence-electron chi connectivity index (χ4n) is 1.97. The maximum absolute atomic E-state index is 11.8. The first-order valence-electron chi connectivity index (χ1n) is 5.93. The SMILES string of the molecule is Cn1nc(I)cc1C1CN(C(=O)OC(C)(C)C)C1. The molecule has 0 spiro atoms. The van der Waals surface area contributed by atoms with E-state index in [2.05, 4.69) is 33.8 Å². The van der Waals surface area contributed by atoms with E-state index in [-0.39, 0.29) is 6.09 Å². The zero-order chi connectivity index (χ0) is 13.5. The molecule has 1 aromatic rings. The van der Waals surface area contributed by atoms with Gasteiger partial charge >= 0.3 is 6.09 Å². The van der Waals surface area contributed by atoms with E-state index in [0.29, 0.717) is 19.0 Å².